The maximum Gasteiger partial charge on any atom is 0.200 e. The molecule has 1 aromatic carbocycles. The minimum absolute atomic E-state index is 0.234. The molecule has 0 aliphatic carbocycles. The normalized spacial score (nSPS) is 11.0. The summed E-state index contributed by atoms with van der Waals surface area (Å²) in [5.41, 5.74) is 1.03. The minimum Gasteiger partial charge on any atom is -0.461 e. The van der Waals surface area contributed by atoms with Crippen LogP contribution in [-0.4, -0.2) is 28.5 Å². The predicted molar refractivity (Wildman–Crippen MR) is 85.6 cm³/mol. The van der Waals surface area contributed by atoms with Crippen molar-refractivity contribution < 1.29 is 13.5 Å². The second kappa shape index (κ2) is 7.43. The molecule has 23 heavy (non-hydrogen) atoms. The summed E-state index contributed by atoms with van der Waals surface area (Å²) in [5.74, 6) is 1.79. The summed E-state index contributed by atoms with van der Waals surface area (Å²) in [6, 6.07) is 10.1. The lowest BCUT2D eigenvalue weighted by Gasteiger charge is -2.08. The molecule has 7 heteroatoms. The van der Waals surface area contributed by atoms with Crippen molar-refractivity contribution in [3.63, 3.8) is 0 Å². The van der Waals surface area contributed by atoms with Crippen LogP contribution in [-0.2, 0) is 17.0 Å². The van der Waals surface area contributed by atoms with E-state index in [9.17, 15) is 4.39 Å². The first-order chi connectivity index (χ1) is 11.3. The largest absolute Gasteiger partial charge is 0.461 e. The fourth-order valence-corrected chi connectivity index (χ4v) is 3.02. The van der Waals surface area contributed by atoms with Gasteiger partial charge in [0.2, 0.25) is 5.82 Å². The molecule has 5 nitrogen and oxygen atoms in total. The van der Waals surface area contributed by atoms with E-state index >= 15 is 0 Å². The number of benzene rings is 1. The maximum absolute atomic E-state index is 13.0. The van der Waals surface area contributed by atoms with E-state index in [2.05, 4.69) is 10.2 Å². The summed E-state index contributed by atoms with van der Waals surface area (Å²) in [5, 5.41) is 9.24. The average Bonchev–Trinajstić information content (AvgIpc) is 3.21. The number of hydrogen-bond acceptors (Lipinski definition) is 5. The zero-order valence-electron chi connectivity index (χ0n) is 12.6. The Morgan fingerprint density at radius 1 is 1.22 bits per heavy atom. The van der Waals surface area contributed by atoms with Crippen molar-refractivity contribution in [2.24, 2.45) is 0 Å². The van der Waals surface area contributed by atoms with Gasteiger partial charge in [-0.3, -0.25) is 4.57 Å². The number of aromatic nitrogens is 3. The van der Waals surface area contributed by atoms with E-state index in [-0.39, 0.29) is 5.82 Å². The number of rotatable bonds is 7. The lowest BCUT2D eigenvalue weighted by Crippen LogP contribution is -2.07. The topological polar surface area (TPSA) is 53.1 Å². The van der Waals surface area contributed by atoms with Gasteiger partial charge in [-0.1, -0.05) is 23.9 Å². The molecule has 0 spiro atoms. The van der Waals surface area contributed by atoms with Gasteiger partial charge in [0.15, 0.2) is 10.9 Å². The van der Waals surface area contributed by atoms with Crippen LogP contribution in [0.3, 0.4) is 0 Å². The Morgan fingerprint density at radius 3 is 2.74 bits per heavy atom. The van der Waals surface area contributed by atoms with Crippen molar-refractivity contribution >= 4 is 11.8 Å². The summed E-state index contributed by atoms with van der Waals surface area (Å²) >= 11 is 1.54. The number of methoxy groups -OCH3 is 1. The Labute approximate surface area is 137 Å². The van der Waals surface area contributed by atoms with E-state index in [1.807, 2.05) is 16.7 Å². The van der Waals surface area contributed by atoms with Gasteiger partial charge in [0.25, 0.3) is 0 Å². The molecule has 0 amide bonds. The Hall–Kier alpha value is -2.12. The van der Waals surface area contributed by atoms with Gasteiger partial charge in [0.1, 0.15) is 5.82 Å². The Bertz CT molecular complexity index is 741. The first-order valence-electron chi connectivity index (χ1n) is 7.11. The van der Waals surface area contributed by atoms with Crippen molar-refractivity contribution in [1.82, 2.24) is 14.8 Å². The Morgan fingerprint density at radius 2 is 2.04 bits per heavy atom. The molecule has 3 aromatic rings. The van der Waals surface area contributed by atoms with Crippen LogP contribution in [0.15, 0.2) is 52.2 Å². The molecule has 0 aliphatic heterocycles. The summed E-state index contributed by atoms with van der Waals surface area (Å²) in [6.45, 7) is 1.18. The van der Waals surface area contributed by atoms with E-state index in [0.717, 1.165) is 10.7 Å². The van der Waals surface area contributed by atoms with Gasteiger partial charge in [-0.15, -0.1) is 10.2 Å². The van der Waals surface area contributed by atoms with Crippen molar-refractivity contribution in [2.45, 2.75) is 17.5 Å². The van der Waals surface area contributed by atoms with Crippen LogP contribution in [0.25, 0.3) is 11.6 Å². The highest BCUT2D eigenvalue weighted by atomic mass is 32.2. The molecule has 0 atom stereocenters. The lowest BCUT2D eigenvalue weighted by molar-refractivity contribution is 0.185. The first-order valence-corrected chi connectivity index (χ1v) is 8.10. The standard InChI is InChI=1S/C16H16FN3O2S/c1-21-10-8-20-15(14-3-2-9-22-14)18-19-16(20)23-11-12-4-6-13(17)7-5-12/h2-7,9H,8,10-11H2,1H3. The zero-order valence-corrected chi connectivity index (χ0v) is 13.4. The fourth-order valence-electron chi connectivity index (χ4n) is 2.10. The second-order valence-electron chi connectivity index (χ2n) is 4.84. The zero-order chi connectivity index (χ0) is 16.1. The number of thioether (sulfide) groups is 1. The SMILES string of the molecule is COCCn1c(SCc2ccc(F)cc2)nnc1-c1ccco1. The highest BCUT2D eigenvalue weighted by Crippen LogP contribution is 2.26. The van der Waals surface area contributed by atoms with E-state index < -0.39 is 0 Å². The number of halogens is 1. The summed E-state index contributed by atoms with van der Waals surface area (Å²) in [7, 11) is 1.66. The molecule has 0 unspecified atom stereocenters. The summed E-state index contributed by atoms with van der Waals surface area (Å²) < 4.78 is 25.5. The van der Waals surface area contributed by atoms with E-state index in [4.69, 9.17) is 9.15 Å². The van der Waals surface area contributed by atoms with Crippen molar-refractivity contribution in [2.75, 3.05) is 13.7 Å². The summed E-state index contributed by atoms with van der Waals surface area (Å²) in [6.07, 6.45) is 1.61. The van der Waals surface area contributed by atoms with Crippen molar-refractivity contribution in [3.05, 3.63) is 54.0 Å². The number of ether oxygens (including phenoxy) is 1. The van der Waals surface area contributed by atoms with Crippen molar-refractivity contribution in [3.8, 4) is 11.6 Å². The van der Waals surface area contributed by atoms with Gasteiger partial charge in [0, 0.05) is 12.9 Å². The quantitative estimate of drug-likeness (QED) is 0.618. The molecular weight excluding hydrogens is 317 g/mol. The monoisotopic (exact) mass is 333 g/mol. The number of nitrogens with zero attached hydrogens (tertiary/aromatic N) is 3. The minimum atomic E-state index is -0.234. The third-order valence-electron chi connectivity index (χ3n) is 3.26. The number of furan rings is 1. The molecule has 3 rings (SSSR count). The molecule has 0 N–H and O–H groups in total. The molecule has 0 fully saturated rings. The van der Waals surface area contributed by atoms with E-state index in [1.165, 1.54) is 12.1 Å². The van der Waals surface area contributed by atoms with E-state index in [0.29, 0.717) is 30.5 Å². The van der Waals surface area contributed by atoms with Gasteiger partial charge in [-0.25, -0.2) is 4.39 Å². The van der Waals surface area contributed by atoms with Crippen LogP contribution in [0.2, 0.25) is 0 Å². The molecule has 2 aromatic heterocycles. The molecule has 0 saturated heterocycles. The Kier molecular flexibility index (Phi) is 5.09. The smallest absolute Gasteiger partial charge is 0.200 e. The van der Waals surface area contributed by atoms with Crippen LogP contribution < -0.4 is 0 Å². The second-order valence-corrected chi connectivity index (χ2v) is 5.79. The molecule has 0 radical (unpaired) electrons. The molecule has 120 valence electrons. The summed E-state index contributed by atoms with van der Waals surface area (Å²) in [4.78, 5) is 0. The van der Waals surface area contributed by atoms with Crippen LogP contribution in [0.4, 0.5) is 4.39 Å². The molecule has 0 bridgehead atoms. The van der Waals surface area contributed by atoms with E-state index in [1.54, 1.807) is 37.3 Å². The lowest BCUT2D eigenvalue weighted by atomic mass is 10.2. The van der Waals surface area contributed by atoms with Crippen LogP contribution >= 0.6 is 11.8 Å². The van der Waals surface area contributed by atoms with Crippen molar-refractivity contribution in [1.29, 1.82) is 0 Å². The third-order valence-corrected chi connectivity index (χ3v) is 4.30. The van der Waals surface area contributed by atoms with Crippen LogP contribution in [0.1, 0.15) is 5.56 Å². The third kappa shape index (κ3) is 3.80. The highest BCUT2D eigenvalue weighted by molar-refractivity contribution is 7.98. The molecule has 0 aliphatic rings. The average molecular weight is 333 g/mol. The van der Waals surface area contributed by atoms with Gasteiger partial charge in [0.05, 0.1) is 19.4 Å². The highest BCUT2D eigenvalue weighted by Gasteiger charge is 2.16. The van der Waals surface area contributed by atoms with Gasteiger partial charge >= 0.3 is 0 Å². The van der Waals surface area contributed by atoms with Gasteiger partial charge in [-0.2, -0.15) is 0 Å². The Balaban J connectivity index is 1.79. The van der Waals surface area contributed by atoms with Gasteiger partial charge < -0.3 is 9.15 Å². The van der Waals surface area contributed by atoms with Crippen LogP contribution in [0, 0.1) is 5.82 Å². The predicted octanol–water partition coefficient (Wildman–Crippen LogP) is 3.62. The first kappa shape index (κ1) is 15.8. The fraction of sp³-hybridized carbons (Fsp3) is 0.250. The van der Waals surface area contributed by atoms with Gasteiger partial charge in [-0.05, 0) is 29.8 Å². The number of hydrogen-bond donors (Lipinski definition) is 0. The molecular formula is C16H16FN3O2S. The molecule has 2 heterocycles. The van der Waals surface area contributed by atoms with Crippen LogP contribution in [0.5, 0.6) is 0 Å². The molecule has 0 saturated carbocycles. The maximum atomic E-state index is 13.0.